The van der Waals surface area contributed by atoms with Crippen molar-refractivity contribution in [3.05, 3.63) is 321 Å². The number of rotatable bonds is 9. The number of aliphatic imine (C=N–C) groups is 1. The van der Waals surface area contributed by atoms with Crippen LogP contribution in [0.4, 0.5) is 17.1 Å². The molecule has 0 aliphatic rings. The number of ether oxygens (including phenoxy) is 1. The van der Waals surface area contributed by atoms with Crippen LogP contribution in [0.5, 0.6) is 5.75 Å². The normalized spacial score (nSPS) is 11.9. The third-order valence-electron chi connectivity index (χ3n) is 24.1. The molecule has 0 atom stereocenters. The van der Waals surface area contributed by atoms with Crippen molar-refractivity contribution in [2.24, 2.45) is 10.7 Å². The molecule has 0 saturated heterocycles. The summed E-state index contributed by atoms with van der Waals surface area (Å²) in [6.45, 7) is -0.0617. The Bertz CT molecular complexity index is 9000. The highest BCUT2D eigenvalue weighted by Gasteiger charge is 2.23. The molecule has 0 aliphatic carbocycles. The number of hydrogen-bond donors (Lipinski definition) is 12. The van der Waals surface area contributed by atoms with Gasteiger partial charge >= 0.3 is 0 Å². The molecule has 1 amide bonds. The number of amides is 1. The predicted octanol–water partition coefficient (Wildman–Crippen LogP) is 27.8. The minimum Gasteiger partial charge on any atom is -0.497 e. The zero-order valence-electron chi connectivity index (χ0n) is 67.3. The molecule has 9 aromatic heterocycles. The molecule has 0 fully saturated rings. The van der Waals surface area contributed by atoms with Gasteiger partial charge in [-0.25, -0.2) is 19.9 Å². The zero-order valence-corrected chi connectivity index (χ0v) is 73.6. The summed E-state index contributed by atoms with van der Waals surface area (Å²) < 4.78 is 9.55. The summed E-state index contributed by atoms with van der Waals surface area (Å²) in [6.07, 6.45) is 11.9. The Kier molecular flexibility index (Phi) is 18.8. The molecule has 0 spiro atoms. The number of fused-ring (bicyclic) bond motifs is 29. The molecule has 0 aliphatic heterocycles. The molecule has 0 bridgehead atoms. The average molecular weight is 1910 g/mol. The van der Waals surface area contributed by atoms with E-state index in [0.29, 0.717) is 5.69 Å². The smallest absolute Gasteiger partial charge is 0.238 e. The number of nitrogens with two attached hydrogens (primary N) is 2. The standard InChI is InChI=1S/C32H19Br2N5.C25H18BrN5O.C24H17N3O.C23H15BrN4/c33-18-5-9-28-24(11-18)17(15-36-28)14-35-20-7-8-22-21-3-1-2-4-23(21)30-31(26(22)13-20)39-32(38-30)27-16-37-29-10-6-19(34)12-25(27)29;26-13-5-8-21-18(9-13)20(12-28-21)25-30-23-17-4-2-1-3-15(17)16-7-6-14(29-22(32)11-27)10-19(16)24(23)31-25;1-28-14-10-11-21-19(12-14)20(13-25-21)24-26-22-17-8-4-2-6-15(17)16-7-3-5-9-18(16)23(22)27-24;24-12-5-8-20-18(9-12)19(11-26-20)23-27-21-15-4-2-1-3-14(15)17-10-13(25)6-7-16(17)22(21)28-23/h1-16,36-37H,(H,38,39);1-10,12,28H,11,27H2,(H,29,32)(H,30,31);2-13,25H,1H3,(H,26,27);1-11,26H,25H2,(H,27,28). The molecular weight excluding hydrogens is 1840 g/mol. The Morgan fingerprint density at radius 3 is 1.15 bits per heavy atom. The minimum absolute atomic E-state index is 0.0617. The van der Waals surface area contributed by atoms with Crippen molar-refractivity contribution in [1.29, 1.82) is 0 Å². The molecular formula is C104H69Br4N17O2. The maximum Gasteiger partial charge on any atom is 0.238 e. The lowest BCUT2D eigenvalue weighted by molar-refractivity contribution is -0.114. The number of benzene rings is 17. The van der Waals surface area contributed by atoms with E-state index in [1.807, 2.05) is 128 Å². The summed E-state index contributed by atoms with van der Waals surface area (Å²) >= 11 is 14.3. The number of hydrogen-bond acceptors (Lipinski definition) is 9. The minimum atomic E-state index is -0.228. The molecule has 23 heteroatoms. The number of nitrogens with zero attached hydrogens (tertiary/aromatic N) is 5. The molecule has 9 heterocycles. The monoisotopic (exact) mass is 1900 g/mol. The molecule has 0 radical (unpaired) electrons. The first-order valence-electron chi connectivity index (χ1n) is 41.1. The lowest BCUT2D eigenvalue weighted by Gasteiger charge is -2.09. The fourth-order valence-electron chi connectivity index (χ4n) is 18.2. The highest BCUT2D eigenvalue weighted by Crippen LogP contribution is 2.45. The molecule has 17 aromatic carbocycles. The van der Waals surface area contributed by atoms with E-state index in [1.54, 1.807) is 7.11 Å². The highest BCUT2D eigenvalue weighted by atomic mass is 79.9. The molecule has 26 rings (SSSR count). The van der Waals surface area contributed by atoms with Crippen LogP contribution < -0.4 is 21.5 Å². The van der Waals surface area contributed by atoms with Gasteiger partial charge in [-0.3, -0.25) is 9.79 Å². The van der Waals surface area contributed by atoms with Gasteiger partial charge in [0.15, 0.2) is 0 Å². The summed E-state index contributed by atoms with van der Waals surface area (Å²) in [6, 6.07) is 91.3. The van der Waals surface area contributed by atoms with E-state index >= 15 is 0 Å². The summed E-state index contributed by atoms with van der Waals surface area (Å²) in [4.78, 5) is 68.0. The number of carbonyl (C=O) groups is 1. The van der Waals surface area contributed by atoms with Crippen LogP contribution in [-0.2, 0) is 4.79 Å². The SMILES string of the molecule is Brc1ccc2[nH]cc(C=Nc3ccc4c5ccccc5c5nc(-c6c[nH]c7ccc(Br)cc67)[nH]c5c4c3)c2c1.COc1ccc2[nH]cc(-c3nc4c5ccccc5c5ccccc5c4[nH]3)c2c1.NCC(=O)Nc1ccc2c3ccccc3c3[nH]c(-c4c[nH]c5ccc(Br)cc45)nc3c2c1.Nc1ccc2c(c1)c1ccccc1c1nc(-c3c[nH]c4ccc(Br)cc34)[nH]c21. The van der Waals surface area contributed by atoms with E-state index in [0.717, 1.165) is 244 Å². The van der Waals surface area contributed by atoms with Gasteiger partial charge in [-0.1, -0.05) is 203 Å². The predicted molar refractivity (Wildman–Crippen MR) is 539 cm³/mol. The number of nitrogen functional groups attached to an aromatic ring is 1. The van der Waals surface area contributed by atoms with E-state index in [1.165, 1.54) is 26.9 Å². The number of methoxy groups -OCH3 is 1. The topological polar surface area (TPSA) is 296 Å². The maximum atomic E-state index is 11.8. The van der Waals surface area contributed by atoms with Crippen LogP contribution >= 0.6 is 63.7 Å². The third-order valence-corrected chi connectivity index (χ3v) is 26.1. The lowest BCUT2D eigenvalue weighted by Crippen LogP contribution is -2.21. The molecule has 19 nitrogen and oxygen atoms in total. The molecule has 26 aromatic rings. The number of halogens is 4. The number of imidazole rings is 4. The highest BCUT2D eigenvalue weighted by molar-refractivity contribution is 9.11. The van der Waals surface area contributed by atoms with Crippen molar-refractivity contribution in [3.8, 4) is 51.3 Å². The first-order valence-corrected chi connectivity index (χ1v) is 44.3. The van der Waals surface area contributed by atoms with Gasteiger partial charge in [-0.2, -0.15) is 0 Å². The van der Waals surface area contributed by atoms with Crippen LogP contribution in [0.2, 0.25) is 0 Å². The van der Waals surface area contributed by atoms with E-state index in [-0.39, 0.29) is 12.5 Å². The third kappa shape index (κ3) is 13.4. The van der Waals surface area contributed by atoms with Crippen molar-refractivity contribution < 1.29 is 9.53 Å². The van der Waals surface area contributed by atoms with Gasteiger partial charge in [0.25, 0.3) is 0 Å². The summed E-state index contributed by atoms with van der Waals surface area (Å²) in [5, 5.41) is 26.6. The molecule has 610 valence electrons. The second-order valence-electron chi connectivity index (χ2n) is 31.5. The lowest BCUT2D eigenvalue weighted by atomic mass is 9.99. The Balaban J connectivity index is 0.0000000980. The number of nitrogens with one attached hydrogen (secondary N) is 10. The van der Waals surface area contributed by atoms with Gasteiger partial charge in [-0.05, 0) is 170 Å². The van der Waals surface area contributed by atoms with Gasteiger partial charge in [0.05, 0.1) is 63.5 Å². The number of aromatic nitrogens is 13. The van der Waals surface area contributed by atoms with Gasteiger partial charge in [0, 0.05) is 192 Å². The van der Waals surface area contributed by atoms with Gasteiger partial charge in [0.2, 0.25) is 5.91 Å². The van der Waals surface area contributed by atoms with Gasteiger partial charge < -0.3 is 66.4 Å². The van der Waals surface area contributed by atoms with Crippen molar-refractivity contribution in [2.75, 3.05) is 24.7 Å². The zero-order chi connectivity index (χ0) is 85.4. The van der Waals surface area contributed by atoms with Crippen LogP contribution in [0.1, 0.15) is 5.56 Å². The first kappa shape index (κ1) is 76.9. The van der Waals surface area contributed by atoms with Gasteiger partial charge in [0.1, 0.15) is 29.0 Å². The maximum absolute atomic E-state index is 11.8. The Labute approximate surface area is 754 Å². The quantitative estimate of drug-likeness (QED) is 0.0374. The van der Waals surface area contributed by atoms with E-state index in [9.17, 15) is 4.79 Å². The summed E-state index contributed by atoms with van der Waals surface area (Å²) in [5.74, 6) is 3.95. The van der Waals surface area contributed by atoms with Crippen molar-refractivity contribution in [2.45, 2.75) is 0 Å². The van der Waals surface area contributed by atoms with Crippen LogP contribution in [0, 0.1) is 0 Å². The number of aromatic amines is 9. The summed E-state index contributed by atoms with van der Waals surface area (Å²) in [7, 11) is 1.69. The van der Waals surface area contributed by atoms with E-state index in [4.69, 9.17) is 41.1 Å². The Hall–Kier alpha value is -15.0. The largest absolute Gasteiger partial charge is 0.497 e. The van der Waals surface area contributed by atoms with Gasteiger partial charge in [-0.15, -0.1) is 0 Å². The fourth-order valence-corrected chi connectivity index (χ4v) is 19.6. The van der Waals surface area contributed by atoms with Crippen molar-refractivity contribution in [1.82, 2.24) is 64.8 Å². The van der Waals surface area contributed by atoms with Crippen molar-refractivity contribution >= 4 is 278 Å². The van der Waals surface area contributed by atoms with Crippen molar-refractivity contribution in [3.63, 3.8) is 0 Å². The second-order valence-corrected chi connectivity index (χ2v) is 35.2. The van der Waals surface area contributed by atoms with E-state index < -0.39 is 0 Å². The number of anilines is 2. The summed E-state index contributed by atoms with van der Waals surface area (Å²) in [5.41, 5.74) is 32.3. The second kappa shape index (κ2) is 31.1. The van der Waals surface area contributed by atoms with Crippen LogP contribution in [0.25, 0.3) is 230 Å². The first-order chi connectivity index (χ1) is 62.3. The Morgan fingerprint density at radius 1 is 0.346 bits per heavy atom. The van der Waals surface area contributed by atoms with Crippen LogP contribution in [0.3, 0.4) is 0 Å². The fraction of sp³-hybridized carbons (Fsp3) is 0.0192. The molecule has 14 N–H and O–H groups in total. The van der Waals surface area contributed by atoms with Crippen LogP contribution in [0.15, 0.2) is 321 Å². The Morgan fingerprint density at radius 2 is 0.693 bits per heavy atom. The molecule has 127 heavy (non-hydrogen) atoms. The molecule has 0 unspecified atom stereocenters. The average Bonchev–Trinajstić information content (AvgIpc) is 1.62. The van der Waals surface area contributed by atoms with E-state index in [2.05, 4.69) is 290 Å². The number of carbonyl (C=O) groups excluding carboxylic acids is 1. The van der Waals surface area contributed by atoms with Crippen LogP contribution in [-0.4, -0.2) is 90.6 Å². The molecule has 0 saturated carbocycles. The number of H-pyrrole nitrogens is 9.